The minimum Gasteiger partial charge on any atom is -0.480 e. The van der Waals surface area contributed by atoms with Crippen LogP contribution in [0.5, 0.6) is 0 Å². The molecule has 1 aromatic heterocycles. The number of nitrogens with zero attached hydrogens (tertiary/aromatic N) is 1. The van der Waals surface area contributed by atoms with Gasteiger partial charge in [0.05, 0.1) is 0 Å². The number of carboxylic acids is 1. The van der Waals surface area contributed by atoms with Gasteiger partial charge in [-0.1, -0.05) is 20.8 Å². The quantitative estimate of drug-likeness (QED) is 0.791. The lowest BCUT2D eigenvalue weighted by Crippen LogP contribution is -2.56. The number of hydrogen-bond donors (Lipinski definition) is 3. The monoisotopic (exact) mass is 311 g/mol. The molecule has 1 aliphatic heterocycles. The normalized spacial score (nSPS) is 18.2. The predicted octanol–water partition coefficient (Wildman–Crippen LogP) is 1.79. The average molecular weight is 311 g/mol. The standard InChI is InChI=1S/C14H21N3O3S/c1-13(2,3)10-8-9(16-17-10)11(18)15-14(12(19)20)4-6-21-7-5-14/h8H,4-7H2,1-3H3,(H,15,18)(H,16,17)(H,19,20). The molecule has 0 aromatic carbocycles. The van der Waals surface area contributed by atoms with Crippen LogP contribution in [0, 0.1) is 0 Å². The third-order valence-corrected chi connectivity index (χ3v) is 4.71. The van der Waals surface area contributed by atoms with Gasteiger partial charge in [0, 0.05) is 11.1 Å². The molecule has 116 valence electrons. The zero-order chi connectivity index (χ0) is 15.7. The number of thioether (sulfide) groups is 1. The first-order chi connectivity index (χ1) is 9.74. The van der Waals surface area contributed by atoms with Crippen molar-refractivity contribution in [3.05, 3.63) is 17.5 Å². The molecule has 0 aliphatic carbocycles. The Hall–Kier alpha value is -1.50. The van der Waals surface area contributed by atoms with Gasteiger partial charge in [0.25, 0.3) is 5.91 Å². The Morgan fingerprint density at radius 1 is 1.38 bits per heavy atom. The van der Waals surface area contributed by atoms with E-state index in [-0.39, 0.29) is 11.1 Å². The summed E-state index contributed by atoms with van der Waals surface area (Å²) in [7, 11) is 0. The number of nitrogens with one attached hydrogen (secondary N) is 2. The Labute approximate surface area is 128 Å². The number of carbonyl (C=O) groups excluding carboxylic acids is 1. The van der Waals surface area contributed by atoms with Crippen LogP contribution in [0.3, 0.4) is 0 Å². The van der Waals surface area contributed by atoms with Crippen molar-refractivity contribution in [2.75, 3.05) is 11.5 Å². The molecule has 1 aliphatic rings. The maximum Gasteiger partial charge on any atom is 0.329 e. The lowest BCUT2D eigenvalue weighted by Gasteiger charge is -2.33. The summed E-state index contributed by atoms with van der Waals surface area (Å²) in [6.07, 6.45) is 0.880. The molecule has 7 heteroatoms. The van der Waals surface area contributed by atoms with E-state index in [1.54, 1.807) is 17.8 Å². The van der Waals surface area contributed by atoms with Crippen molar-refractivity contribution >= 4 is 23.6 Å². The van der Waals surface area contributed by atoms with Crippen molar-refractivity contribution in [1.29, 1.82) is 0 Å². The first-order valence-corrected chi connectivity index (χ1v) is 8.10. The Bertz CT molecular complexity index is 542. The van der Waals surface area contributed by atoms with Crippen LogP contribution in [0.1, 0.15) is 49.8 Å². The number of carbonyl (C=O) groups is 2. The molecule has 2 heterocycles. The van der Waals surface area contributed by atoms with Crippen LogP contribution in [0.25, 0.3) is 0 Å². The van der Waals surface area contributed by atoms with Crippen molar-refractivity contribution < 1.29 is 14.7 Å². The van der Waals surface area contributed by atoms with E-state index >= 15 is 0 Å². The van der Waals surface area contributed by atoms with E-state index in [1.807, 2.05) is 20.8 Å². The summed E-state index contributed by atoms with van der Waals surface area (Å²) in [5.74, 6) is 0.0691. The highest BCUT2D eigenvalue weighted by molar-refractivity contribution is 7.99. The van der Waals surface area contributed by atoms with Crippen molar-refractivity contribution in [2.45, 2.75) is 44.6 Å². The van der Waals surface area contributed by atoms with Gasteiger partial charge in [0.2, 0.25) is 0 Å². The third kappa shape index (κ3) is 3.40. The van der Waals surface area contributed by atoms with Gasteiger partial charge in [-0.2, -0.15) is 16.9 Å². The van der Waals surface area contributed by atoms with E-state index in [0.717, 1.165) is 17.2 Å². The zero-order valence-corrected chi connectivity index (χ0v) is 13.3. The second kappa shape index (κ2) is 5.71. The number of rotatable bonds is 3. The molecule has 0 radical (unpaired) electrons. The topological polar surface area (TPSA) is 95.1 Å². The van der Waals surface area contributed by atoms with Gasteiger partial charge < -0.3 is 10.4 Å². The Morgan fingerprint density at radius 2 is 2.00 bits per heavy atom. The van der Waals surface area contributed by atoms with Crippen LogP contribution < -0.4 is 5.32 Å². The largest absolute Gasteiger partial charge is 0.480 e. The molecule has 0 spiro atoms. The van der Waals surface area contributed by atoms with Crippen LogP contribution in [-0.2, 0) is 10.2 Å². The SMILES string of the molecule is CC(C)(C)c1cc(C(=O)NC2(C(=O)O)CCSCC2)n[nH]1. The fourth-order valence-electron chi connectivity index (χ4n) is 2.22. The predicted molar refractivity (Wildman–Crippen MR) is 81.7 cm³/mol. The van der Waals surface area contributed by atoms with E-state index < -0.39 is 17.4 Å². The molecule has 1 fully saturated rings. The van der Waals surface area contributed by atoms with Crippen LogP contribution in [-0.4, -0.2) is 44.2 Å². The molecular weight excluding hydrogens is 290 g/mol. The molecule has 21 heavy (non-hydrogen) atoms. The summed E-state index contributed by atoms with van der Waals surface area (Å²) >= 11 is 1.71. The smallest absolute Gasteiger partial charge is 0.329 e. The summed E-state index contributed by atoms with van der Waals surface area (Å²) in [4.78, 5) is 23.9. The summed E-state index contributed by atoms with van der Waals surface area (Å²) in [5.41, 5.74) is -0.226. The Kier molecular flexibility index (Phi) is 4.32. The highest BCUT2D eigenvalue weighted by Crippen LogP contribution is 2.28. The lowest BCUT2D eigenvalue weighted by molar-refractivity contribution is -0.144. The van der Waals surface area contributed by atoms with Gasteiger partial charge in [-0.25, -0.2) is 4.79 Å². The minimum absolute atomic E-state index is 0.141. The van der Waals surface area contributed by atoms with E-state index in [4.69, 9.17) is 0 Å². The van der Waals surface area contributed by atoms with Gasteiger partial charge in [-0.3, -0.25) is 9.89 Å². The number of aliphatic carboxylic acids is 1. The molecule has 2 rings (SSSR count). The number of carboxylic acid groups (broad SMARTS) is 1. The summed E-state index contributed by atoms with van der Waals surface area (Å²) in [5, 5.41) is 19.0. The first kappa shape index (κ1) is 15.9. The van der Waals surface area contributed by atoms with Crippen LogP contribution >= 0.6 is 11.8 Å². The lowest BCUT2D eigenvalue weighted by atomic mass is 9.91. The minimum atomic E-state index is -1.16. The summed E-state index contributed by atoms with van der Waals surface area (Å²) < 4.78 is 0. The van der Waals surface area contributed by atoms with Crippen molar-refractivity contribution in [3.63, 3.8) is 0 Å². The van der Waals surface area contributed by atoms with E-state index in [1.165, 1.54) is 0 Å². The Balaban J connectivity index is 2.16. The van der Waals surface area contributed by atoms with Crippen molar-refractivity contribution in [1.82, 2.24) is 15.5 Å². The fraction of sp³-hybridized carbons (Fsp3) is 0.643. The summed E-state index contributed by atoms with van der Waals surface area (Å²) in [6, 6.07) is 1.68. The molecule has 0 unspecified atom stereocenters. The van der Waals surface area contributed by atoms with Crippen LogP contribution in [0.15, 0.2) is 6.07 Å². The number of hydrogen-bond acceptors (Lipinski definition) is 4. The highest BCUT2D eigenvalue weighted by Gasteiger charge is 2.41. The molecule has 0 saturated carbocycles. The molecule has 0 atom stereocenters. The number of H-pyrrole nitrogens is 1. The van der Waals surface area contributed by atoms with E-state index in [2.05, 4.69) is 15.5 Å². The number of amides is 1. The number of aromatic nitrogens is 2. The molecule has 0 bridgehead atoms. The van der Waals surface area contributed by atoms with E-state index in [0.29, 0.717) is 12.8 Å². The third-order valence-electron chi connectivity index (χ3n) is 3.73. The molecule has 1 aromatic rings. The molecular formula is C14H21N3O3S. The molecule has 3 N–H and O–H groups in total. The first-order valence-electron chi connectivity index (χ1n) is 6.94. The van der Waals surface area contributed by atoms with Gasteiger partial charge in [0.15, 0.2) is 0 Å². The maximum atomic E-state index is 12.3. The average Bonchev–Trinajstić information content (AvgIpc) is 2.89. The molecule has 6 nitrogen and oxygen atoms in total. The summed E-state index contributed by atoms with van der Waals surface area (Å²) in [6.45, 7) is 6.04. The molecule has 1 saturated heterocycles. The second-order valence-corrected chi connectivity index (χ2v) is 7.60. The highest BCUT2D eigenvalue weighted by atomic mass is 32.2. The molecule has 1 amide bonds. The zero-order valence-electron chi connectivity index (χ0n) is 12.5. The van der Waals surface area contributed by atoms with Crippen molar-refractivity contribution in [3.8, 4) is 0 Å². The van der Waals surface area contributed by atoms with E-state index in [9.17, 15) is 14.7 Å². The second-order valence-electron chi connectivity index (χ2n) is 6.37. The van der Waals surface area contributed by atoms with Crippen molar-refractivity contribution in [2.24, 2.45) is 0 Å². The maximum absolute atomic E-state index is 12.3. The van der Waals surface area contributed by atoms with Gasteiger partial charge in [-0.15, -0.1) is 0 Å². The number of aromatic amines is 1. The van der Waals surface area contributed by atoms with Gasteiger partial charge >= 0.3 is 5.97 Å². The van der Waals surface area contributed by atoms with Gasteiger partial charge in [0.1, 0.15) is 11.2 Å². The van der Waals surface area contributed by atoms with Crippen LogP contribution in [0.4, 0.5) is 0 Å². The van der Waals surface area contributed by atoms with Gasteiger partial charge in [-0.05, 0) is 30.4 Å². The fourth-order valence-corrected chi connectivity index (χ4v) is 3.41. The Morgan fingerprint density at radius 3 is 2.48 bits per heavy atom. The van der Waals surface area contributed by atoms with Crippen LogP contribution in [0.2, 0.25) is 0 Å².